The van der Waals surface area contributed by atoms with Crippen molar-refractivity contribution in [3.8, 4) is 5.88 Å². The van der Waals surface area contributed by atoms with Crippen LogP contribution in [0, 0.1) is 11.6 Å². The van der Waals surface area contributed by atoms with E-state index in [2.05, 4.69) is 10.3 Å². The maximum atomic E-state index is 13.3. The standard InChI is InChI=1S/C16H18F2N2O/c1-3-19-15(12-5-4-8-20-16(12)21-2)10-11-6-7-13(17)14(18)9-11/h4-9,15,19H,3,10H2,1-2H3. The maximum Gasteiger partial charge on any atom is 0.217 e. The Bertz CT molecular complexity index is 605. The third-order valence-corrected chi connectivity index (χ3v) is 3.24. The molecule has 1 heterocycles. The first-order valence-electron chi connectivity index (χ1n) is 6.82. The van der Waals surface area contributed by atoms with Crippen LogP contribution in [0.5, 0.6) is 5.88 Å². The molecular formula is C16H18F2N2O. The van der Waals surface area contributed by atoms with Gasteiger partial charge in [0.25, 0.3) is 0 Å². The molecule has 0 bridgehead atoms. The molecule has 1 atom stereocenters. The highest BCUT2D eigenvalue weighted by atomic mass is 19.2. The second-order valence-corrected chi connectivity index (χ2v) is 4.66. The number of methoxy groups -OCH3 is 1. The lowest BCUT2D eigenvalue weighted by Crippen LogP contribution is -2.23. The van der Waals surface area contributed by atoms with Gasteiger partial charge in [0.05, 0.1) is 7.11 Å². The summed E-state index contributed by atoms with van der Waals surface area (Å²) in [6, 6.07) is 7.62. The van der Waals surface area contributed by atoms with Gasteiger partial charge in [-0.25, -0.2) is 13.8 Å². The zero-order valence-corrected chi connectivity index (χ0v) is 12.1. The van der Waals surface area contributed by atoms with Gasteiger partial charge in [-0.2, -0.15) is 0 Å². The van der Waals surface area contributed by atoms with Crippen LogP contribution in [0.3, 0.4) is 0 Å². The van der Waals surface area contributed by atoms with Gasteiger partial charge in [-0.15, -0.1) is 0 Å². The van der Waals surface area contributed by atoms with Crippen LogP contribution < -0.4 is 10.1 Å². The van der Waals surface area contributed by atoms with E-state index in [0.717, 1.165) is 18.2 Å². The highest BCUT2D eigenvalue weighted by Gasteiger charge is 2.17. The summed E-state index contributed by atoms with van der Waals surface area (Å²) in [7, 11) is 1.56. The SMILES string of the molecule is CCNC(Cc1ccc(F)c(F)c1)c1cccnc1OC. The molecule has 1 unspecified atom stereocenters. The van der Waals surface area contributed by atoms with Gasteiger partial charge in [0.15, 0.2) is 11.6 Å². The van der Waals surface area contributed by atoms with Gasteiger partial charge in [-0.05, 0) is 36.7 Å². The van der Waals surface area contributed by atoms with E-state index in [1.165, 1.54) is 6.07 Å². The smallest absolute Gasteiger partial charge is 0.217 e. The molecule has 3 nitrogen and oxygen atoms in total. The molecule has 5 heteroatoms. The summed E-state index contributed by atoms with van der Waals surface area (Å²) in [4.78, 5) is 4.18. The lowest BCUT2D eigenvalue weighted by Gasteiger charge is -2.20. The zero-order chi connectivity index (χ0) is 15.2. The predicted octanol–water partition coefficient (Wildman–Crippen LogP) is 3.26. The van der Waals surface area contributed by atoms with E-state index in [9.17, 15) is 8.78 Å². The summed E-state index contributed by atoms with van der Waals surface area (Å²) >= 11 is 0. The van der Waals surface area contributed by atoms with Gasteiger partial charge in [-0.1, -0.05) is 19.1 Å². The van der Waals surface area contributed by atoms with Crippen molar-refractivity contribution in [2.24, 2.45) is 0 Å². The predicted molar refractivity (Wildman–Crippen MR) is 77.3 cm³/mol. The second kappa shape index (κ2) is 7.13. The van der Waals surface area contributed by atoms with Crippen LogP contribution in [-0.2, 0) is 6.42 Å². The Balaban J connectivity index is 2.28. The monoisotopic (exact) mass is 292 g/mol. The minimum absolute atomic E-state index is 0.0801. The highest BCUT2D eigenvalue weighted by molar-refractivity contribution is 5.31. The first-order chi connectivity index (χ1) is 10.2. The van der Waals surface area contributed by atoms with E-state index < -0.39 is 11.6 Å². The van der Waals surface area contributed by atoms with Crippen molar-refractivity contribution in [1.29, 1.82) is 0 Å². The van der Waals surface area contributed by atoms with E-state index in [4.69, 9.17) is 4.74 Å². The molecule has 0 fully saturated rings. The molecule has 112 valence electrons. The number of likely N-dealkylation sites (N-methyl/N-ethyl adjacent to an activating group) is 1. The van der Waals surface area contributed by atoms with E-state index in [-0.39, 0.29) is 6.04 Å². The number of nitrogens with one attached hydrogen (secondary N) is 1. The highest BCUT2D eigenvalue weighted by Crippen LogP contribution is 2.26. The van der Waals surface area contributed by atoms with Crippen molar-refractivity contribution in [2.75, 3.05) is 13.7 Å². The van der Waals surface area contributed by atoms with Gasteiger partial charge < -0.3 is 10.1 Å². The van der Waals surface area contributed by atoms with Crippen LogP contribution in [0.4, 0.5) is 8.78 Å². The molecule has 0 radical (unpaired) electrons. The van der Waals surface area contributed by atoms with Crippen molar-refractivity contribution in [1.82, 2.24) is 10.3 Å². The van der Waals surface area contributed by atoms with Crippen LogP contribution >= 0.6 is 0 Å². The molecular weight excluding hydrogens is 274 g/mol. The molecule has 0 saturated heterocycles. The molecule has 2 aromatic rings. The molecule has 21 heavy (non-hydrogen) atoms. The van der Waals surface area contributed by atoms with Crippen molar-refractivity contribution in [2.45, 2.75) is 19.4 Å². The molecule has 1 N–H and O–H groups in total. The average Bonchev–Trinajstić information content (AvgIpc) is 2.50. The van der Waals surface area contributed by atoms with Crippen LogP contribution in [0.2, 0.25) is 0 Å². The number of halogens is 2. The number of nitrogens with zero attached hydrogens (tertiary/aromatic N) is 1. The minimum Gasteiger partial charge on any atom is -0.481 e. The quantitative estimate of drug-likeness (QED) is 0.887. The fourth-order valence-electron chi connectivity index (χ4n) is 2.28. The van der Waals surface area contributed by atoms with Crippen LogP contribution in [-0.4, -0.2) is 18.6 Å². The van der Waals surface area contributed by atoms with Crippen LogP contribution in [0.15, 0.2) is 36.5 Å². The number of aromatic nitrogens is 1. The first-order valence-corrected chi connectivity index (χ1v) is 6.82. The Morgan fingerprint density at radius 2 is 2.05 bits per heavy atom. The topological polar surface area (TPSA) is 34.2 Å². The summed E-state index contributed by atoms with van der Waals surface area (Å²) in [5.41, 5.74) is 1.61. The number of benzene rings is 1. The number of pyridine rings is 1. The molecule has 0 saturated carbocycles. The lowest BCUT2D eigenvalue weighted by molar-refractivity contribution is 0.382. The van der Waals surface area contributed by atoms with Crippen molar-refractivity contribution in [3.63, 3.8) is 0 Å². The molecule has 0 amide bonds. The van der Waals surface area contributed by atoms with Crippen molar-refractivity contribution >= 4 is 0 Å². The molecule has 1 aromatic heterocycles. The van der Waals surface area contributed by atoms with Gasteiger partial charge in [0, 0.05) is 17.8 Å². The Morgan fingerprint density at radius 1 is 1.24 bits per heavy atom. The summed E-state index contributed by atoms with van der Waals surface area (Å²) in [6.07, 6.45) is 2.18. The van der Waals surface area contributed by atoms with Crippen molar-refractivity contribution < 1.29 is 13.5 Å². The molecule has 0 aliphatic heterocycles. The average molecular weight is 292 g/mol. The molecule has 2 rings (SSSR count). The normalized spacial score (nSPS) is 12.2. The van der Waals surface area contributed by atoms with E-state index in [1.807, 2.05) is 19.1 Å². The van der Waals surface area contributed by atoms with Crippen LogP contribution in [0.1, 0.15) is 24.1 Å². The molecule has 1 aromatic carbocycles. The Morgan fingerprint density at radius 3 is 2.71 bits per heavy atom. The largest absolute Gasteiger partial charge is 0.481 e. The summed E-state index contributed by atoms with van der Waals surface area (Å²) in [5.74, 6) is -1.13. The minimum atomic E-state index is -0.835. The number of hydrogen-bond donors (Lipinski definition) is 1. The fraction of sp³-hybridized carbons (Fsp3) is 0.312. The third-order valence-electron chi connectivity index (χ3n) is 3.24. The van der Waals surface area contributed by atoms with Crippen LogP contribution in [0.25, 0.3) is 0 Å². The summed E-state index contributed by atoms with van der Waals surface area (Å²) in [6.45, 7) is 2.73. The second-order valence-electron chi connectivity index (χ2n) is 4.66. The molecule has 0 spiro atoms. The number of rotatable bonds is 6. The molecule has 0 aliphatic carbocycles. The van der Waals surface area contributed by atoms with E-state index in [1.54, 1.807) is 19.4 Å². The molecule has 0 aliphatic rings. The summed E-state index contributed by atoms with van der Waals surface area (Å²) in [5, 5.41) is 3.32. The van der Waals surface area contributed by atoms with E-state index >= 15 is 0 Å². The Labute approximate surface area is 123 Å². The lowest BCUT2D eigenvalue weighted by atomic mass is 9.99. The van der Waals surface area contributed by atoms with Gasteiger partial charge in [0.2, 0.25) is 5.88 Å². The zero-order valence-electron chi connectivity index (χ0n) is 12.1. The maximum absolute atomic E-state index is 13.3. The fourth-order valence-corrected chi connectivity index (χ4v) is 2.28. The van der Waals surface area contributed by atoms with Gasteiger partial charge >= 0.3 is 0 Å². The Kier molecular flexibility index (Phi) is 5.22. The number of hydrogen-bond acceptors (Lipinski definition) is 3. The Hall–Kier alpha value is -2.01. The van der Waals surface area contributed by atoms with Gasteiger partial charge in [0.1, 0.15) is 0 Å². The van der Waals surface area contributed by atoms with Gasteiger partial charge in [-0.3, -0.25) is 0 Å². The van der Waals surface area contributed by atoms with E-state index in [0.29, 0.717) is 17.9 Å². The number of ether oxygens (including phenoxy) is 1. The first kappa shape index (κ1) is 15.4. The third kappa shape index (κ3) is 3.76. The van der Waals surface area contributed by atoms with Crippen molar-refractivity contribution in [3.05, 3.63) is 59.3 Å². The summed E-state index contributed by atoms with van der Waals surface area (Å²) < 4.78 is 31.6.